The minimum absolute atomic E-state index is 0.428. The summed E-state index contributed by atoms with van der Waals surface area (Å²) in [6, 6.07) is 4.53. The van der Waals surface area contributed by atoms with E-state index in [2.05, 4.69) is 21.7 Å². The summed E-state index contributed by atoms with van der Waals surface area (Å²) in [7, 11) is 3.98. The van der Waals surface area contributed by atoms with Gasteiger partial charge in [-0.15, -0.1) is 0 Å². The lowest BCUT2D eigenvalue weighted by Crippen LogP contribution is -2.18. The van der Waals surface area contributed by atoms with Gasteiger partial charge >= 0.3 is 0 Å². The van der Waals surface area contributed by atoms with Crippen LogP contribution in [-0.4, -0.2) is 25.6 Å². The van der Waals surface area contributed by atoms with Crippen molar-refractivity contribution in [2.75, 3.05) is 20.6 Å². The highest BCUT2D eigenvalue weighted by atomic mass is 14.9. The molecule has 0 aliphatic carbocycles. The highest BCUT2D eigenvalue weighted by Crippen LogP contribution is 2.15. The van der Waals surface area contributed by atoms with Crippen LogP contribution in [0.15, 0.2) is 24.5 Å². The number of hydrogen-bond donors (Lipinski definition) is 2. The standard InChI is InChI=1S/C11H19N3/c1-12-7-4-6-11(13-2)10-5-3-8-14-9-10/h3,5,8-9,11-13H,4,6-7H2,1-2H3. The van der Waals surface area contributed by atoms with E-state index in [-0.39, 0.29) is 0 Å². The van der Waals surface area contributed by atoms with Crippen LogP contribution >= 0.6 is 0 Å². The first-order valence-electron chi connectivity index (χ1n) is 5.10. The molecule has 1 aromatic rings. The molecule has 3 nitrogen and oxygen atoms in total. The molecule has 0 radical (unpaired) electrons. The maximum atomic E-state index is 4.13. The average Bonchev–Trinajstić information content (AvgIpc) is 2.26. The summed E-state index contributed by atoms with van der Waals surface area (Å²) in [5.74, 6) is 0. The van der Waals surface area contributed by atoms with Gasteiger partial charge in [0, 0.05) is 18.4 Å². The third-order valence-electron chi connectivity index (χ3n) is 2.35. The first kappa shape index (κ1) is 11.1. The molecule has 1 unspecified atom stereocenters. The molecule has 0 saturated heterocycles. The van der Waals surface area contributed by atoms with E-state index in [9.17, 15) is 0 Å². The van der Waals surface area contributed by atoms with E-state index in [4.69, 9.17) is 0 Å². The Morgan fingerprint density at radius 2 is 2.29 bits per heavy atom. The summed E-state index contributed by atoms with van der Waals surface area (Å²) < 4.78 is 0. The number of hydrogen-bond acceptors (Lipinski definition) is 3. The first-order valence-corrected chi connectivity index (χ1v) is 5.10. The van der Waals surface area contributed by atoms with Gasteiger partial charge in [0.2, 0.25) is 0 Å². The fourth-order valence-electron chi connectivity index (χ4n) is 1.54. The van der Waals surface area contributed by atoms with Gasteiger partial charge in [-0.25, -0.2) is 0 Å². The molecule has 14 heavy (non-hydrogen) atoms. The number of rotatable bonds is 6. The quantitative estimate of drug-likeness (QED) is 0.669. The summed E-state index contributed by atoms with van der Waals surface area (Å²) >= 11 is 0. The van der Waals surface area contributed by atoms with Gasteiger partial charge in [-0.1, -0.05) is 6.07 Å². The Morgan fingerprint density at radius 3 is 2.86 bits per heavy atom. The maximum absolute atomic E-state index is 4.13. The lowest BCUT2D eigenvalue weighted by atomic mass is 10.0. The molecule has 1 aromatic heterocycles. The van der Waals surface area contributed by atoms with Gasteiger partial charge in [0.05, 0.1) is 0 Å². The van der Waals surface area contributed by atoms with Crippen molar-refractivity contribution in [1.29, 1.82) is 0 Å². The molecule has 0 aliphatic rings. The number of aromatic nitrogens is 1. The molecule has 0 fully saturated rings. The zero-order valence-corrected chi connectivity index (χ0v) is 8.96. The van der Waals surface area contributed by atoms with E-state index in [1.165, 1.54) is 12.0 Å². The molecule has 0 aromatic carbocycles. The molecule has 0 aliphatic heterocycles. The predicted molar refractivity (Wildman–Crippen MR) is 59.2 cm³/mol. The molecule has 2 N–H and O–H groups in total. The Kier molecular flexibility index (Phi) is 5.19. The second-order valence-corrected chi connectivity index (χ2v) is 3.37. The monoisotopic (exact) mass is 193 g/mol. The van der Waals surface area contributed by atoms with E-state index < -0.39 is 0 Å². The van der Waals surface area contributed by atoms with Crippen LogP contribution in [0.1, 0.15) is 24.4 Å². The minimum Gasteiger partial charge on any atom is -0.320 e. The zero-order valence-electron chi connectivity index (χ0n) is 8.96. The molecule has 0 amide bonds. The normalized spacial score (nSPS) is 12.7. The lowest BCUT2D eigenvalue weighted by Gasteiger charge is -2.15. The highest BCUT2D eigenvalue weighted by molar-refractivity contribution is 5.13. The molecular formula is C11H19N3. The van der Waals surface area contributed by atoms with E-state index in [1.807, 2.05) is 32.6 Å². The molecule has 0 saturated carbocycles. The first-order chi connectivity index (χ1) is 6.88. The Bertz CT molecular complexity index is 236. The summed E-state index contributed by atoms with van der Waals surface area (Å²) in [6.07, 6.45) is 6.06. The van der Waals surface area contributed by atoms with E-state index >= 15 is 0 Å². The zero-order chi connectivity index (χ0) is 10.2. The highest BCUT2D eigenvalue weighted by Gasteiger charge is 2.07. The van der Waals surface area contributed by atoms with Gasteiger partial charge in [0.15, 0.2) is 0 Å². The van der Waals surface area contributed by atoms with Crippen LogP contribution in [0, 0.1) is 0 Å². The van der Waals surface area contributed by atoms with Crippen LogP contribution in [0.25, 0.3) is 0 Å². The largest absolute Gasteiger partial charge is 0.320 e. The fraction of sp³-hybridized carbons (Fsp3) is 0.545. The van der Waals surface area contributed by atoms with Gasteiger partial charge in [-0.05, 0) is 45.1 Å². The Morgan fingerprint density at radius 1 is 1.43 bits per heavy atom. The topological polar surface area (TPSA) is 37.0 Å². The third kappa shape index (κ3) is 3.44. The molecular weight excluding hydrogens is 174 g/mol. The second-order valence-electron chi connectivity index (χ2n) is 3.37. The third-order valence-corrected chi connectivity index (χ3v) is 2.35. The Hall–Kier alpha value is -0.930. The van der Waals surface area contributed by atoms with Crippen molar-refractivity contribution < 1.29 is 0 Å². The number of nitrogens with zero attached hydrogens (tertiary/aromatic N) is 1. The van der Waals surface area contributed by atoms with Crippen molar-refractivity contribution in [2.24, 2.45) is 0 Å². The van der Waals surface area contributed by atoms with Crippen molar-refractivity contribution in [2.45, 2.75) is 18.9 Å². The summed E-state index contributed by atoms with van der Waals surface area (Å²) in [5, 5.41) is 6.46. The van der Waals surface area contributed by atoms with Gasteiger partial charge in [-0.3, -0.25) is 4.98 Å². The fourth-order valence-corrected chi connectivity index (χ4v) is 1.54. The lowest BCUT2D eigenvalue weighted by molar-refractivity contribution is 0.517. The summed E-state index contributed by atoms with van der Waals surface area (Å²) in [5.41, 5.74) is 1.27. The van der Waals surface area contributed by atoms with Gasteiger partial charge in [0.1, 0.15) is 0 Å². The van der Waals surface area contributed by atoms with Gasteiger partial charge in [-0.2, -0.15) is 0 Å². The molecule has 1 rings (SSSR count). The van der Waals surface area contributed by atoms with Crippen LogP contribution < -0.4 is 10.6 Å². The van der Waals surface area contributed by atoms with Crippen LogP contribution in [0.2, 0.25) is 0 Å². The molecule has 78 valence electrons. The second kappa shape index (κ2) is 6.51. The summed E-state index contributed by atoms with van der Waals surface area (Å²) in [6.45, 7) is 1.07. The molecule has 0 spiro atoms. The van der Waals surface area contributed by atoms with Crippen molar-refractivity contribution >= 4 is 0 Å². The number of pyridine rings is 1. The van der Waals surface area contributed by atoms with Crippen molar-refractivity contribution in [3.8, 4) is 0 Å². The smallest absolute Gasteiger partial charge is 0.0333 e. The van der Waals surface area contributed by atoms with Crippen LogP contribution in [0.5, 0.6) is 0 Å². The maximum Gasteiger partial charge on any atom is 0.0333 e. The van der Waals surface area contributed by atoms with Crippen molar-refractivity contribution in [1.82, 2.24) is 15.6 Å². The van der Waals surface area contributed by atoms with Crippen LogP contribution in [0.4, 0.5) is 0 Å². The number of nitrogens with one attached hydrogen (secondary N) is 2. The molecule has 3 heteroatoms. The van der Waals surface area contributed by atoms with E-state index in [1.54, 1.807) is 0 Å². The van der Waals surface area contributed by atoms with E-state index in [0.717, 1.165) is 13.0 Å². The molecule has 1 atom stereocenters. The van der Waals surface area contributed by atoms with Gasteiger partial charge in [0.25, 0.3) is 0 Å². The average molecular weight is 193 g/mol. The van der Waals surface area contributed by atoms with Crippen LogP contribution in [0.3, 0.4) is 0 Å². The van der Waals surface area contributed by atoms with Gasteiger partial charge < -0.3 is 10.6 Å². The Labute approximate surface area is 85.9 Å². The van der Waals surface area contributed by atoms with Crippen molar-refractivity contribution in [3.63, 3.8) is 0 Å². The van der Waals surface area contributed by atoms with Crippen molar-refractivity contribution in [3.05, 3.63) is 30.1 Å². The SMILES string of the molecule is CNCCCC(NC)c1cccnc1. The predicted octanol–water partition coefficient (Wildman–Crippen LogP) is 1.34. The molecule has 1 heterocycles. The van der Waals surface area contributed by atoms with Crippen LogP contribution in [-0.2, 0) is 0 Å². The Balaban J connectivity index is 2.46. The molecule has 0 bridgehead atoms. The minimum atomic E-state index is 0.428. The summed E-state index contributed by atoms with van der Waals surface area (Å²) in [4.78, 5) is 4.13. The van der Waals surface area contributed by atoms with E-state index in [0.29, 0.717) is 6.04 Å².